The van der Waals surface area contributed by atoms with E-state index in [0.29, 0.717) is 0 Å². The first kappa shape index (κ1) is 10.6. The summed E-state index contributed by atoms with van der Waals surface area (Å²) in [7, 11) is 1.66. The second-order valence-corrected chi connectivity index (χ2v) is 4.91. The van der Waals surface area contributed by atoms with Crippen molar-refractivity contribution in [2.75, 3.05) is 7.11 Å². The lowest BCUT2D eigenvalue weighted by Gasteiger charge is -2.29. The Kier molecular flexibility index (Phi) is 2.51. The quantitative estimate of drug-likeness (QED) is 0.775. The highest BCUT2D eigenvalue weighted by Crippen LogP contribution is 2.40. The van der Waals surface area contributed by atoms with Crippen LogP contribution in [0.3, 0.4) is 0 Å². The van der Waals surface area contributed by atoms with Gasteiger partial charge in [0.15, 0.2) is 0 Å². The Morgan fingerprint density at radius 2 is 2.07 bits per heavy atom. The SMILES string of the molecule is COc1ccc2c(c1)C(Br)=CC(C)(C)O2. The van der Waals surface area contributed by atoms with E-state index < -0.39 is 0 Å². The Balaban J connectivity index is 2.51. The zero-order chi connectivity index (χ0) is 11.1. The van der Waals surface area contributed by atoms with Crippen LogP contribution in [-0.4, -0.2) is 12.7 Å². The second kappa shape index (κ2) is 3.56. The maximum atomic E-state index is 5.83. The standard InChI is InChI=1S/C12H13BrO2/c1-12(2)7-10(13)9-6-8(14-3)4-5-11(9)15-12/h4-7H,1-3H3. The summed E-state index contributed by atoms with van der Waals surface area (Å²) in [6, 6.07) is 5.80. The minimum Gasteiger partial charge on any atom is -0.497 e. The lowest BCUT2D eigenvalue weighted by Crippen LogP contribution is -2.28. The molecule has 1 aromatic rings. The summed E-state index contributed by atoms with van der Waals surface area (Å²) >= 11 is 3.55. The van der Waals surface area contributed by atoms with Gasteiger partial charge in [-0.05, 0) is 38.1 Å². The molecule has 15 heavy (non-hydrogen) atoms. The Hall–Kier alpha value is -0.960. The second-order valence-electron chi connectivity index (χ2n) is 4.06. The van der Waals surface area contributed by atoms with Crippen molar-refractivity contribution in [1.29, 1.82) is 0 Å². The molecule has 0 aromatic heterocycles. The third-order valence-electron chi connectivity index (χ3n) is 2.29. The van der Waals surface area contributed by atoms with Crippen LogP contribution < -0.4 is 9.47 Å². The van der Waals surface area contributed by atoms with E-state index in [4.69, 9.17) is 9.47 Å². The summed E-state index contributed by atoms with van der Waals surface area (Å²) in [4.78, 5) is 0. The molecule has 1 aromatic carbocycles. The minimum atomic E-state index is -0.263. The van der Waals surface area contributed by atoms with Gasteiger partial charge in [0, 0.05) is 10.0 Å². The number of methoxy groups -OCH3 is 1. The molecule has 0 N–H and O–H groups in total. The van der Waals surface area contributed by atoms with Gasteiger partial charge in [0.05, 0.1) is 7.11 Å². The smallest absolute Gasteiger partial charge is 0.129 e. The Labute approximate surface area is 98.0 Å². The summed E-state index contributed by atoms with van der Waals surface area (Å²) in [6.45, 7) is 4.06. The Bertz CT molecular complexity index is 422. The summed E-state index contributed by atoms with van der Waals surface area (Å²) < 4.78 is 12.1. The molecule has 0 spiro atoms. The maximum Gasteiger partial charge on any atom is 0.129 e. The summed E-state index contributed by atoms with van der Waals surface area (Å²) in [6.07, 6.45) is 2.05. The highest BCUT2D eigenvalue weighted by molar-refractivity contribution is 9.15. The van der Waals surface area contributed by atoms with E-state index in [1.165, 1.54) is 0 Å². The average molecular weight is 269 g/mol. The van der Waals surface area contributed by atoms with Crippen LogP contribution in [0.4, 0.5) is 0 Å². The van der Waals surface area contributed by atoms with Crippen molar-refractivity contribution < 1.29 is 9.47 Å². The Morgan fingerprint density at radius 3 is 2.73 bits per heavy atom. The van der Waals surface area contributed by atoms with Crippen LogP contribution in [0.25, 0.3) is 4.48 Å². The molecule has 0 bridgehead atoms. The van der Waals surface area contributed by atoms with Gasteiger partial charge in [0.25, 0.3) is 0 Å². The predicted octanol–water partition coefficient (Wildman–Crippen LogP) is 3.60. The fourth-order valence-corrected chi connectivity index (χ4v) is 2.47. The molecule has 0 saturated heterocycles. The molecule has 2 nitrogen and oxygen atoms in total. The number of halogens is 1. The molecule has 1 aliphatic rings. The first-order valence-corrected chi connectivity index (χ1v) is 5.57. The van der Waals surface area contributed by atoms with Crippen LogP contribution in [0.1, 0.15) is 19.4 Å². The summed E-state index contributed by atoms with van der Waals surface area (Å²) in [5.74, 6) is 1.72. The van der Waals surface area contributed by atoms with Crippen molar-refractivity contribution in [3.05, 3.63) is 29.8 Å². The van der Waals surface area contributed by atoms with Crippen LogP contribution in [0.15, 0.2) is 24.3 Å². The molecular formula is C12H13BrO2. The molecule has 0 saturated carbocycles. The molecule has 0 amide bonds. The van der Waals surface area contributed by atoms with E-state index in [-0.39, 0.29) is 5.60 Å². The van der Waals surface area contributed by atoms with Gasteiger partial charge in [-0.3, -0.25) is 0 Å². The first-order chi connectivity index (χ1) is 7.02. The normalized spacial score (nSPS) is 17.5. The van der Waals surface area contributed by atoms with Gasteiger partial charge in [-0.25, -0.2) is 0 Å². The highest BCUT2D eigenvalue weighted by atomic mass is 79.9. The van der Waals surface area contributed by atoms with Crippen LogP contribution in [0.2, 0.25) is 0 Å². The molecule has 0 radical (unpaired) electrons. The maximum absolute atomic E-state index is 5.83. The monoisotopic (exact) mass is 268 g/mol. The van der Waals surface area contributed by atoms with Gasteiger partial charge in [-0.15, -0.1) is 0 Å². The van der Waals surface area contributed by atoms with Gasteiger partial charge in [-0.1, -0.05) is 15.9 Å². The molecule has 2 rings (SSSR count). The van der Waals surface area contributed by atoms with Crippen molar-refractivity contribution >= 4 is 20.4 Å². The molecule has 1 aliphatic heterocycles. The van der Waals surface area contributed by atoms with Gasteiger partial charge in [-0.2, -0.15) is 0 Å². The third kappa shape index (κ3) is 2.02. The molecular weight excluding hydrogens is 256 g/mol. The Morgan fingerprint density at radius 1 is 1.33 bits per heavy atom. The molecule has 80 valence electrons. The van der Waals surface area contributed by atoms with Crippen LogP contribution in [0, 0.1) is 0 Å². The number of hydrogen-bond donors (Lipinski definition) is 0. The molecule has 3 heteroatoms. The highest BCUT2D eigenvalue weighted by Gasteiger charge is 2.25. The van der Waals surface area contributed by atoms with E-state index in [1.54, 1.807) is 7.11 Å². The number of fused-ring (bicyclic) bond motifs is 1. The number of ether oxygens (including phenoxy) is 2. The molecule has 0 unspecified atom stereocenters. The van der Waals surface area contributed by atoms with Gasteiger partial charge < -0.3 is 9.47 Å². The van der Waals surface area contributed by atoms with E-state index >= 15 is 0 Å². The predicted molar refractivity (Wildman–Crippen MR) is 64.6 cm³/mol. The topological polar surface area (TPSA) is 18.5 Å². The van der Waals surface area contributed by atoms with Crippen LogP contribution in [0.5, 0.6) is 11.5 Å². The van der Waals surface area contributed by atoms with E-state index in [1.807, 2.05) is 32.0 Å². The van der Waals surface area contributed by atoms with Crippen molar-refractivity contribution in [3.63, 3.8) is 0 Å². The fraction of sp³-hybridized carbons (Fsp3) is 0.333. The van der Waals surface area contributed by atoms with Crippen LogP contribution >= 0.6 is 15.9 Å². The van der Waals surface area contributed by atoms with Crippen molar-refractivity contribution in [1.82, 2.24) is 0 Å². The van der Waals surface area contributed by atoms with Crippen molar-refractivity contribution in [2.45, 2.75) is 19.4 Å². The fourth-order valence-electron chi connectivity index (χ4n) is 1.61. The van der Waals surface area contributed by atoms with Gasteiger partial charge in [0.1, 0.15) is 17.1 Å². The van der Waals surface area contributed by atoms with E-state index in [9.17, 15) is 0 Å². The lowest BCUT2D eigenvalue weighted by atomic mass is 10.0. The summed E-state index contributed by atoms with van der Waals surface area (Å²) in [5, 5.41) is 0. The van der Waals surface area contributed by atoms with Gasteiger partial charge >= 0.3 is 0 Å². The van der Waals surface area contributed by atoms with E-state index in [2.05, 4.69) is 22.0 Å². The molecule has 0 fully saturated rings. The van der Waals surface area contributed by atoms with Crippen molar-refractivity contribution in [3.8, 4) is 11.5 Å². The zero-order valence-electron chi connectivity index (χ0n) is 9.00. The molecule has 0 atom stereocenters. The average Bonchev–Trinajstić information content (AvgIpc) is 2.15. The number of hydrogen-bond acceptors (Lipinski definition) is 2. The molecule has 0 aliphatic carbocycles. The lowest BCUT2D eigenvalue weighted by molar-refractivity contribution is 0.158. The van der Waals surface area contributed by atoms with Gasteiger partial charge in [0.2, 0.25) is 0 Å². The van der Waals surface area contributed by atoms with E-state index in [0.717, 1.165) is 21.5 Å². The number of benzene rings is 1. The summed E-state index contributed by atoms with van der Waals surface area (Å²) in [5.41, 5.74) is 0.772. The molecule has 1 heterocycles. The first-order valence-electron chi connectivity index (χ1n) is 4.77. The zero-order valence-corrected chi connectivity index (χ0v) is 10.6. The minimum absolute atomic E-state index is 0.263. The number of rotatable bonds is 1. The third-order valence-corrected chi connectivity index (χ3v) is 2.95. The van der Waals surface area contributed by atoms with Crippen molar-refractivity contribution in [2.24, 2.45) is 0 Å². The van der Waals surface area contributed by atoms with Crippen LogP contribution in [-0.2, 0) is 0 Å². The largest absolute Gasteiger partial charge is 0.497 e.